The van der Waals surface area contributed by atoms with Crippen LogP contribution in [-0.4, -0.2) is 29.6 Å². The molecule has 1 aliphatic rings. The van der Waals surface area contributed by atoms with Gasteiger partial charge in [-0.2, -0.15) is 0 Å². The molecule has 1 aliphatic carbocycles. The molecule has 1 aromatic carbocycles. The Hall–Kier alpha value is -1.59. The van der Waals surface area contributed by atoms with Crippen molar-refractivity contribution in [2.75, 3.05) is 6.54 Å². The molecule has 4 N–H and O–H groups in total. The van der Waals surface area contributed by atoms with Crippen LogP contribution < -0.4 is 11.1 Å². The van der Waals surface area contributed by atoms with Gasteiger partial charge in [0.25, 0.3) is 5.91 Å². The molecule has 0 bridgehead atoms. The molecule has 0 aromatic heterocycles. The van der Waals surface area contributed by atoms with Crippen LogP contribution in [0.25, 0.3) is 0 Å². The van der Waals surface area contributed by atoms with Gasteiger partial charge in [-0.05, 0) is 81.5 Å². The van der Waals surface area contributed by atoms with Gasteiger partial charge in [-0.1, -0.05) is 18.6 Å². The molecule has 1 saturated carbocycles. The normalized spacial score (nSPS) is 19.1. The summed E-state index contributed by atoms with van der Waals surface area (Å²) < 4.78 is 0. The molecule has 152 valence electrons. The van der Waals surface area contributed by atoms with Crippen molar-refractivity contribution in [2.45, 2.75) is 70.3 Å². The lowest BCUT2D eigenvalue weighted by molar-refractivity contribution is -0.137. The Labute approximate surface area is 168 Å². The van der Waals surface area contributed by atoms with Crippen LogP contribution in [0.15, 0.2) is 24.3 Å². The first-order chi connectivity index (χ1) is 12.6. The van der Waals surface area contributed by atoms with E-state index in [4.69, 9.17) is 10.8 Å². The van der Waals surface area contributed by atoms with E-state index in [1.165, 1.54) is 5.56 Å². The highest BCUT2D eigenvalue weighted by Gasteiger charge is 2.23. The summed E-state index contributed by atoms with van der Waals surface area (Å²) in [5.74, 6) is -0.241. The Morgan fingerprint density at radius 1 is 1.04 bits per heavy atom. The van der Waals surface area contributed by atoms with Crippen LogP contribution in [0.5, 0.6) is 0 Å². The van der Waals surface area contributed by atoms with Crippen LogP contribution >= 0.6 is 12.4 Å². The number of carboxylic acid groups (broad SMARTS) is 1. The highest BCUT2D eigenvalue weighted by Crippen LogP contribution is 2.28. The van der Waals surface area contributed by atoms with E-state index in [9.17, 15) is 9.59 Å². The molecule has 1 amide bonds. The zero-order valence-corrected chi connectivity index (χ0v) is 16.8. The average molecular weight is 397 g/mol. The number of carbonyl (C=O) groups is 2. The zero-order chi connectivity index (χ0) is 18.8. The fourth-order valence-corrected chi connectivity index (χ4v) is 3.66. The molecule has 0 atom stereocenters. The molecule has 1 fully saturated rings. The van der Waals surface area contributed by atoms with Gasteiger partial charge in [-0.15, -0.1) is 12.4 Å². The monoisotopic (exact) mass is 396 g/mol. The van der Waals surface area contributed by atoms with Gasteiger partial charge in [-0.25, -0.2) is 0 Å². The molecule has 5 nitrogen and oxygen atoms in total. The molecule has 0 unspecified atom stereocenters. The summed E-state index contributed by atoms with van der Waals surface area (Å²) in [7, 11) is 0. The molecule has 0 radical (unpaired) electrons. The van der Waals surface area contributed by atoms with Gasteiger partial charge >= 0.3 is 5.97 Å². The molecule has 2 rings (SSSR count). The van der Waals surface area contributed by atoms with Crippen molar-refractivity contribution in [3.8, 4) is 0 Å². The predicted molar refractivity (Wildman–Crippen MR) is 110 cm³/mol. The average Bonchev–Trinajstić information content (AvgIpc) is 2.65. The molecular weight excluding hydrogens is 364 g/mol. The van der Waals surface area contributed by atoms with Crippen molar-refractivity contribution in [2.24, 2.45) is 11.7 Å². The largest absolute Gasteiger partial charge is 0.481 e. The first-order valence-corrected chi connectivity index (χ1v) is 9.90. The highest BCUT2D eigenvalue weighted by molar-refractivity contribution is 5.94. The van der Waals surface area contributed by atoms with Gasteiger partial charge in [0.05, 0.1) is 0 Å². The Bertz CT molecular complexity index is 569. The number of amides is 1. The lowest BCUT2D eigenvalue weighted by Crippen LogP contribution is -2.37. The minimum absolute atomic E-state index is 0. The highest BCUT2D eigenvalue weighted by atomic mass is 35.5. The summed E-state index contributed by atoms with van der Waals surface area (Å²) in [5.41, 5.74) is 7.48. The van der Waals surface area contributed by atoms with E-state index in [-0.39, 0.29) is 30.8 Å². The number of aliphatic carboxylic acids is 1. The lowest BCUT2D eigenvalue weighted by Gasteiger charge is -2.28. The standard InChI is InChI=1S/C21H32N2O3.ClH/c22-15-3-1-2-4-16-5-10-18(11-6-16)21(26)23-19-12-7-17(8-13-19)9-14-20(24)25;/h5-6,10-11,17,19H,1-4,7-9,12-15,22H2,(H,23,26)(H,24,25);1H/t17-,19-;. The second-order valence-corrected chi connectivity index (χ2v) is 7.42. The number of carboxylic acids is 1. The summed E-state index contributed by atoms with van der Waals surface area (Å²) in [6.45, 7) is 0.751. The van der Waals surface area contributed by atoms with E-state index in [2.05, 4.69) is 5.32 Å². The number of hydrogen-bond acceptors (Lipinski definition) is 3. The molecular formula is C21H33ClN2O3. The van der Waals surface area contributed by atoms with Crippen molar-refractivity contribution in [1.29, 1.82) is 0 Å². The molecule has 27 heavy (non-hydrogen) atoms. The van der Waals surface area contributed by atoms with Crippen LogP contribution in [0.4, 0.5) is 0 Å². The molecule has 0 heterocycles. The first kappa shape index (κ1) is 23.4. The summed E-state index contributed by atoms with van der Waals surface area (Å²) in [6, 6.07) is 8.11. The molecule has 0 aliphatic heterocycles. The predicted octanol–water partition coefficient (Wildman–Crippen LogP) is 3.93. The fourth-order valence-electron chi connectivity index (χ4n) is 3.66. The number of hydrogen-bond donors (Lipinski definition) is 3. The Kier molecular flexibility index (Phi) is 11.1. The van der Waals surface area contributed by atoms with Gasteiger partial charge in [-0.3, -0.25) is 9.59 Å². The van der Waals surface area contributed by atoms with Crippen molar-refractivity contribution in [3.63, 3.8) is 0 Å². The zero-order valence-electron chi connectivity index (χ0n) is 16.0. The number of carbonyl (C=O) groups excluding carboxylic acids is 1. The van der Waals surface area contributed by atoms with Crippen molar-refractivity contribution in [3.05, 3.63) is 35.4 Å². The maximum Gasteiger partial charge on any atom is 0.303 e. The molecule has 6 heteroatoms. The van der Waals surface area contributed by atoms with E-state index >= 15 is 0 Å². The van der Waals surface area contributed by atoms with Crippen LogP contribution in [-0.2, 0) is 11.2 Å². The number of rotatable bonds is 10. The van der Waals surface area contributed by atoms with E-state index in [1.54, 1.807) is 0 Å². The third-order valence-corrected chi connectivity index (χ3v) is 5.33. The SMILES string of the molecule is Cl.NCCCCCc1ccc(C(=O)N[C@H]2CC[C@H](CCC(=O)O)CC2)cc1. The third kappa shape index (κ3) is 8.76. The van der Waals surface area contributed by atoms with E-state index in [0.717, 1.165) is 64.3 Å². The van der Waals surface area contributed by atoms with E-state index in [0.29, 0.717) is 11.5 Å². The first-order valence-electron chi connectivity index (χ1n) is 9.90. The number of nitrogens with one attached hydrogen (secondary N) is 1. The fraction of sp³-hybridized carbons (Fsp3) is 0.619. The minimum Gasteiger partial charge on any atom is -0.481 e. The molecule has 0 spiro atoms. The smallest absolute Gasteiger partial charge is 0.303 e. The number of halogens is 1. The van der Waals surface area contributed by atoms with Gasteiger partial charge in [0.2, 0.25) is 0 Å². The molecule has 0 saturated heterocycles. The summed E-state index contributed by atoms with van der Waals surface area (Å²) in [4.78, 5) is 23.1. The van der Waals surface area contributed by atoms with Crippen LogP contribution in [0.3, 0.4) is 0 Å². The Morgan fingerprint density at radius 2 is 1.70 bits per heavy atom. The second-order valence-electron chi connectivity index (χ2n) is 7.42. The quantitative estimate of drug-likeness (QED) is 0.522. The van der Waals surface area contributed by atoms with Gasteiger partial charge in [0.15, 0.2) is 0 Å². The lowest BCUT2D eigenvalue weighted by atomic mass is 9.83. The third-order valence-electron chi connectivity index (χ3n) is 5.33. The summed E-state index contributed by atoms with van der Waals surface area (Å²) >= 11 is 0. The van der Waals surface area contributed by atoms with E-state index in [1.807, 2.05) is 24.3 Å². The van der Waals surface area contributed by atoms with E-state index < -0.39 is 5.97 Å². The van der Waals surface area contributed by atoms with Crippen molar-refractivity contribution in [1.82, 2.24) is 5.32 Å². The Morgan fingerprint density at radius 3 is 2.30 bits per heavy atom. The maximum absolute atomic E-state index is 12.4. The number of benzene rings is 1. The van der Waals surface area contributed by atoms with Crippen LogP contribution in [0, 0.1) is 5.92 Å². The Balaban J connectivity index is 0.00000364. The number of nitrogens with two attached hydrogens (primary N) is 1. The van der Waals surface area contributed by atoms with Crippen LogP contribution in [0.2, 0.25) is 0 Å². The van der Waals surface area contributed by atoms with Gasteiger partial charge < -0.3 is 16.2 Å². The van der Waals surface area contributed by atoms with Crippen LogP contribution in [0.1, 0.15) is 73.7 Å². The number of aryl methyl sites for hydroxylation is 1. The second kappa shape index (κ2) is 12.7. The summed E-state index contributed by atoms with van der Waals surface area (Å²) in [5, 5.41) is 11.9. The van der Waals surface area contributed by atoms with Crippen molar-refractivity contribution >= 4 is 24.3 Å². The van der Waals surface area contributed by atoms with Crippen molar-refractivity contribution < 1.29 is 14.7 Å². The summed E-state index contributed by atoms with van der Waals surface area (Å²) in [6.07, 6.45) is 9.26. The molecule has 1 aromatic rings. The maximum atomic E-state index is 12.4. The van der Waals surface area contributed by atoms with Gasteiger partial charge in [0.1, 0.15) is 0 Å². The van der Waals surface area contributed by atoms with Gasteiger partial charge in [0, 0.05) is 18.0 Å². The number of unbranched alkanes of at least 4 members (excludes halogenated alkanes) is 2. The topological polar surface area (TPSA) is 92.4 Å². The minimum atomic E-state index is -0.719.